The zero-order chi connectivity index (χ0) is 14.4. The first kappa shape index (κ1) is 14.5. The molecule has 0 spiro atoms. The van der Waals surface area contributed by atoms with Gasteiger partial charge in [-0.1, -0.05) is 22.0 Å². The molecule has 6 heteroatoms. The molecule has 0 atom stereocenters. The number of amides is 1. The summed E-state index contributed by atoms with van der Waals surface area (Å²) < 4.78 is 11.2. The average Bonchev–Trinajstić information content (AvgIpc) is 2.41. The first-order valence-corrected chi connectivity index (χ1v) is 6.65. The van der Waals surface area contributed by atoms with Crippen molar-refractivity contribution in [3.05, 3.63) is 47.1 Å². The molecule has 5 nitrogen and oxygen atoms in total. The van der Waals surface area contributed by atoms with Crippen LogP contribution in [0.15, 0.2) is 47.1 Å². The molecular formula is C14H13BrN2O3. The Morgan fingerprint density at radius 2 is 2.20 bits per heavy atom. The molecule has 0 saturated carbocycles. The van der Waals surface area contributed by atoms with Crippen LogP contribution < -0.4 is 10.1 Å². The zero-order valence-electron chi connectivity index (χ0n) is 10.8. The number of halogens is 1. The number of nitrogens with one attached hydrogen (secondary N) is 1. The summed E-state index contributed by atoms with van der Waals surface area (Å²) in [6, 6.07) is 10.9. The lowest BCUT2D eigenvalue weighted by Crippen LogP contribution is -2.17. The summed E-state index contributed by atoms with van der Waals surface area (Å²) in [6.45, 7) is 0.0102. The van der Waals surface area contributed by atoms with E-state index in [1.165, 1.54) is 13.3 Å². The third kappa shape index (κ3) is 4.32. The van der Waals surface area contributed by atoms with Crippen LogP contribution in [0, 0.1) is 0 Å². The van der Waals surface area contributed by atoms with Crippen LogP contribution in [-0.2, 0) is 9.53 Å². The number of carbonyl (C=O) groups is 1. The molecule has 1 amide bonds. The molecule has 0 aliphatic heterocycles. The van der Waals surface area contributed by atoms with Crippen LogP contribution in [0.3, 0.4) is 0 Å². The van der Waals surface area contributed by atoms with Crippen LogP contribution in [0.1, 0.15) is 0 Å². The molecule has 1 N–H and O–H groups in total. The van der Waals surface area contributed by atoms with E-state index in [9.17, 15) is 4.79 Å². The quantitative estimate of drug-likeness (QED) is 0.910. The van der Waals surface area contributed by atoms with E-state index in [0.717, 1.165) is 4.47 Å². The minimum Gasteiger partial charge on any atom is -0.439 e. The third-order valence-corrected chi connectivity index (χ3v) is 2.81. The van der Waals surface area contributed by atoms with Gasteiger partial charge in [0.1, 0.15) is 12.4 Å². The van der Waals surface area contributed by atoms with Crippen molar-refractivity contribution in [3.8, 4) is 11.6 Å². The van der Waals surface area contributed by atoms with Crippen molar-refractivity contribution < 1.29 is 14.3 Å². The molecule has 1 aromatic heterocycles. The number of ether oxygens (including phenoxy) is 2. The van der Waals surface area contributed by atoms with E-state index in [1.54, 1.807) is 12.1 Å². The number of anilines is 1. The Hall–Kier alpha value is -1.92. The third-order valence-electron chi connectivity index (χ3n) is 2.31. The van der Waals surface area contributed by atoms with E-state index in [4.69, 9.17) is 9.47 Å². The molecule has 0 saturated heterocycles. The highest BCUT2D eigenvalue weighted by Crippen LogP contribution is 2.23. The summed E-state index contributed by atoms with van der Waals surface area (Å²) in [7, 11) is 1.47. The summed E-state index contributed by atoms with van der Waals surface area (Å²) in [4.78, 5) is 15.4. The van der Waals surface area contributed by atoms with Gasteiger partial charge < -0.3 is 14.8 Å². The molecule has 0 unspecified atom stereocenters. The van der Waals surface area contributed by atoms with E-state index in [1.807, 2.05) is 24.3 Å². The normalized spacial score (nSPS) is 10.1. The van der Waals surface area contributed by atoms with Crippen LogP contribution in [0.5, 0.6) is 11.6 Å². The highest BCUT2D eigenvalue weighted by Gasteiger charge is 2.03. The monoisotopic (exact) mass is 336 g/mol. The van der Waals surface area contributed by atoms with Crippen molar-refractivity contribution >= 4 is 27.5 Å². The highest BCUT2D eigenvalue weighted by atomic mass is 79.9. The average molecular weight is 337 g/mol. The molecule has 1 aromatic carbocycles. The molecule has 0 fully saturated rings. The predicted molar refractivity (Wildman–Crippen MR) is 79.0 cm³/mol. The van der Waals surface area contributed by atoms with Gasteiger partial charge in [-0.05, 0) is 24.3 Å². The number of aromatic nitrogens is 1. The van der Waals surface area contributed by atoms with Crippen molar-refractivity contribution in [3.63, 3.8) is 0 Å². The number of benzene rings is 1. The predicted octanol–water partition coefficient (Wildman–Crippen LogP) is 3.22. The number of methoxy groups -OCH3 is 1. The number of pyridine rings is 1. The van der Waals surface area contributed by atoms with Crippen molar-refractivity contribution in [2.75, 3.05) is 19.0 Å². The van der Waals surface area contributed by atoms with Gasteiger partial charge in [0.05, 0.1) is 11.9 Å². The van der Waals surface area contributed by atoms with Crippen LogP contribution in [0.25, 0.3) is 0 Å². The maximum absolute atomic E-state index is 11.3. The van der Waals surface area contributed by atoms with E-state index in [-0.39, 0.29) is 12.5 Å². The fraction of sp³-hybridized carbons (Fsp3) is 0.143. The summed E-state index contributed by atoms with van der Waals surface area (Å²) in [5, 5.41) is 2.65. The molecule has 2 rings (SSSR count). The Kier molecular flexibility index (Phi) is 5.09. The molecular weight excluding hydrogens is 324 g/mol. The summed E-state index contributed by atoms with van der Waals surface area (Å²) >= 11 is 3.37. The molecule has 1 heterocycles. The van der Waals surface area contributed by atoms with Gasteiger partial charge in [0.15, 0.2) is 0 Å². The second-order valence-corrected chi connectivity index (χ2v) is 4.84. The number of hydrogen-bond acceptors (Lipinski definition) is 4. The van der Waals surface area contributed by atoms with Gasteiger partial charge in [-0.25, -0.2) is 4.98 Å². The molecule has 0 aliphatic rings. The molecule has 0 radical (unpaired) electrons. The second kappa shape index (κ2) is 7.02. The van der Waals surface area contributed by atoms with Gasteiger partial charge in [-0.2, -0.15) is 0 Å². The number of hydrogen-bond donors (Lipinski definition) is 1. The minimum atomic E-state index is -0.227. The van der Waals surface area contributed by atoms with Crippen molar-refractivity contribution in [1.29, 1.82) is 0 Å². The van der Waals surface area contributed by atoms with Crippen LogP contribution in [0.4, 0.5) is 5.69 Å². The van der Waals surface area contributed by atoms with Gasteiger partial charge >= 0.3 is 0 Å². The highest BCUT2D eigenvalue weighted by molar-refractivity contribution is 9.10. The van der Waals surface area contributed by atoms with Crippen molar-refractivity contribution in [1.82, 2.24) is 4.98 Å². The number of carbonyl (C=O) groups excluding carboxylic acids is 1. The SMILES string of the molecule is COCC(=O)Nc1ccc(Oc2cccc(Br)c2)nc1. The lowest BCUT2D eigenvalue weighted by molar-refractivity contribution is -0.119. The first-order valence-electron chi connectivity index (χ1n) is 5.85. The van der Waals surface area contributed by atoms with E-state index < -0.39 is 0 Å². The molecule has 2 aromatic rings. The van der Waals surface area contributed by atoms with E-state index in [2.05, 4.69) is 26.2 Å². The zero-order valence-corrected chi connectivity index (χ0v) is 12.4. The standard InChI is InChI=1S/C14H13BrN2O3/c1-19-9-13(18)17-11-5-6-14(16-8-11)20-12-4-2-3-10(15)7-12/h2-8H,9H2,1H3,(H,17,18). The fourth-order valence-electron chi connectivity index (χ4n) is 1.49. The lowest BCUT2D eigenvalue weighted by atomic mass is 10.3. The number of rotatable bonds is 5. The maximum Gasteiger partial charge on any atom is 0.250 e. The van der Waals surface area contributed by atoms with Gasteiger partial charge in [0, 0.05) is 17.6 Å². The summed E-state index contributed by atoms with van der Waals surface area (Å²) in [5.74, 6) is 0.908. The van der Waals surface area contributed by atoms with E-state index in [0.29, 0.717) is 17.3 Å². The van der Waals surface area contributed by atoms with Crippen molar-refractivity contribution in [2.24, 2.45) is 0 Å². The smallest absolute Gasteiger partial charge is 0.250 e. The van der Waals surface area contributed by atoms with Crippen LogP contribution in [-0.4, -0.2) is 24.6 Å². The second-order valence-electron chi connectivity index (χ2n) is 3.93. The van der Waals surface area contributed by atoms with Gasteiger partial charge in [0.2, 0.25) is 11.8 Å². The van der Waals surface area contributed by atoms with Gasteiger partial charge in [-0.15, -0.1) is 0 Å². The van der Waals surface area contributed by atoms with E-state index >= 15 is 0 Å². The Bertz CT molecular complexity index is 587. The molecule has 0 bridgehead atoms. The van der Waals surface area contributed by atoms with Crippen LogP contribution >= 0.6 is 15.9 Å². The topological polar surface area (TPSA) is 60.5 Å². The Labute approximate surface area is 125 Å². The Morgan fingerprint density at radius 1 is 1.35 bits per heavy atom. The Balaban J connectivity index is 1.99. The molecule has 0 aliphatic carbocycles. The largest absolute Gasteiger partial charge is 0.439 e. The summed E-state index contributed by atoms with van der Waals surface area (Å²) in [6.07, 6.45) is 1.53. The van der Waals surface area contributed by atoms with Crippen molar-refractivity contribution in [2.45, 2.75) is 0 Å². The maximum atomic E-state index is 11.3. The Morgan fingerprint density at radius 3 is 2.85 bits per heavy atom. The summed E-state index contributed by atoms with van der Waals surface area (Å²) in [5.41, 5.74) is 0.591. The number of nitrogens with zero attached hydrogens (tertiary/aromatic N) is 1. The molecule has 20 heavy (non-hydrogen) atoms. The minimum absolute atomic E-state index is 0.0102. The molecule has 104 valence electrons. The lowest BCUT2D eigenvalue weighted by Gasteiger charge is -2.07. The first-order chi connectivity index (χ1) is 9.67. The fourth-order valence-corrected chi connectivity index (χ4v) is 1.87. The van der Waals surface area contributed by atoms with Crippen LogP contribution in [0.2, 0.25) is 0 Å². The van der Waals surface area contributed by atoms with Gasteiger partial charge in [0.25, 0.3) is 0 Å². The van der Waals surface area contributed by atoms with Gasteiger partial charge in [-0.3, -0.25) is 4.79 Å².